The molecule has 4 saturated heterocycles. The van der Waals surface area contributed by atoms with Crippen LogP contribution in [0.4, 0.5) is 15.9 Å². The van der Waals surface area contributed by atoms with E-state index < -0.39 is 11.9 Å². The number of imide groups is 1. The minimum atomic E-state index is -0.676. The van der Waals surface area contributed by atoms with Crippen molar-refractivity contribution in [2.75, 3.05) is 96.0 Å². The number of hydrogen-bond donors (Lipinski definition) is 2. The van der Waals surface area contributed by atoms with E-state index in [1.54, 1.807) is 17.0 Å². The molecule has 5 fully saturated rings. The number of rotatable bonds is 14. The Kier molecular flexibility index (Phi) is 13.6. The summed E-state index contributed by atoms with van der Waals surface area (Å²) < 4.78 is 30.2. The third-order valence-electron chi connectivity index (χ3n) is 17.0. The number of hydrogen-bond acceptors (Lipinski definition) is 14. The molecule has 0 radical (unpaired) electrons. The number of piperidine rings is 2. The second kappa shape index (κ2) is 20.3. The van der Waals surface area contributed by atoms with Crippen molar-refractivity contribution in [3.05, 3.63) is 71.0 Å². The number of nitrogens with zero attached hydrogens (tertiary/aromatic N) is 9. The number of fused-ring (bicyclic) bond motifs is 3. The summed E-state index contributed by atoms with van der Waals surface area (Å²) in [5.74, 6) is 2.50. The number of aromatic nitrogens is 3. The van der Waals surface area contributed by atoms with Crippen molar-refractivity contribution in [2.24, 2.45) is 11.3 Å². The van der Waals surface area contributed by atoms with Crippen LogP contribution in [-0.2, 0) is 16.1 Å². The highest BCUT2D eigenvalue weighted by Crippen LogP contribution is 2.48. The van der Waals surface area contributed by atoms with Crippen LogP contribution in [0.5, 0.6) is 17.6 Å². The number of phenolic OH excluding ortho intramolecular Hbond substituents is 1. The summed E-state index contributed by atoms with van der Waals surface area (Å²) in [6.07, 6.45) is 12.7. The van der Waals surface area contributed by atoms with E-state index in [-0.39, 0.29) is 70.5 Å². The number of ether oxygens (including phenoxy) is 2. The van der Waals surface area contributed by atoms with Gasteiger partial charge in [-0.1, -0.05) is 31.9 Å². The van der Waals surface area contributed by atoms with Gasteiger partial charge in [-0.05, 0) is 105 Å². The monoisotopic (exact) mass is 1010 g/mol. The van der Waals surface area contributed by atoms with Gasteiger partial charge < -0.3 is 39.1 Å². The molecule has 3 atom stereocenters. The highest BCUT2D eigenvalue weighted by molar-refractivity contribution is 6.06. The highest BCUT2D eigenvalue weighted by atomic mass is 19.1. The number of carbonyl (C=O) groups is 3. The van der Waals surface area contributed by atoms with Gasteiger partial charge in [0.2, 0.25) is 17.7 Å². The molecule has 2 aromatic heterocycles. The number of nitrogens with one attached hydrogen (secondary N) is 1. The smallest absolute Gasteiger partial charge is 0.319 e. The minimum Gasteiger partial charge on any atom is -0.508 e. The molecular weight excluding hydrogens is 940 g/mol. The SMILES string of the molecule is C#Cc1cccc2cc(O)cc(-c3nc(OC)c4c(N5CC(CC)N(C)C(CC)C5)nc(OCC5(CN6CCN(CC7CCN(c8ccc9c(c8)CN(C8CCC(=O)NC8=O)C9=O)CC7)CC6)CC5)nc4c3F)c12. The first-order valence-corrected chi connectivity index (χ1v) is 26.6. The number of pyridine rings is 1. The summed E-state index contributed by atoms with van der Waals surface area (Å²) in [5, 5.41) is 14.9. The lowest BCUT2D eigenvalue weighted by atomic mass is 9.95. The number of benzene rings is 3. The van der Waals surface area contributed by atoms with Crippen LogP contribution in [0, 0.1) is 29.5 Å². The van der Waals surface area contributed by atoms with Gasteiger partial charge in [0.15, 0.2) is 5.82 Å². The second-order valence-corrected chi connectivity index (χ2v) is 21.6. The maximum absolute atomic E-state index is 17.6. The van der Waals surface area contributed by atoms with Crippen LogP contribution in [0.15, 0.2) is 48.5 Å². The normalized spacial score (nSPS) is 22.8. The van der Waals surface area contributed by atoms with Crippen LogP contribution in [0.1, 0.15) is 86.7 Å². The molecule has 1 aliphatic carbocycles. The molecule has 388 valence electrons. The van der Waals surface area contributed by atoms with Crippen LogP contribution in [0.25, 0.3) is 32.9 Å². The number of piperazine rings is 2. The average Bonchev–Trinajstić information content (AvgIpc) is 4.11. The number of anilines is 2. The summed E-state index contributed by atoms with van der Waals surface area (Å²) in [6, 6.07) is 14.6. The van der Waals surface area contributed by atoms with Gasteiger partial charge in [-0.3, -0.25) is 24.6 Å². The predicted molar refractivity (Wildman–Crippen MR) is 282 cm³/mol. The first kappa shape index (κ1) is 49.6. The number of terminal acetylenes is 1. The molecule has 3 amide bonds. The molecule has 5 aliphatic heterocycles. The van der Waals surface area contributed by atoms with Crippen molar-refractivity contribution < 1.29 is 33.4 Å². The Hall–Kier alpha value is -6.61. The summed E-state index contributed by atoms with van der Waals surface area (Å²) in [6.45, 7) is 14.4. The maximum atomic E-state index is 17.6. The number of likely N-dealkylation sites (N-methyl/N-ethyl adjacent to an activating group) is 1. The van der Waals surface area contributed by atoms with Crippen LogP contribution in [-0.4, -0.2) is 162 Å². The van der Waals surface area contributed by atoms with E-state index in [4.69, 9.17) is 30.8 Å². The van der Waals surface area contributed by atoms with Crippen LogP contribution >= 0.6 is 0 Å². The van der Waals surface area contributed by atoms with E-state index in [0.717, 1.165) is 102 Å². The lowest BCUT2D eigenvalue weighted by molar-refractivity contribution is -0.136. The van der Waals surface area contributed by atoms with E-state index >= 15 is 4.39 Å². The van der Waals surface area contributed by atoms with Gasteiger partial charge >= 0.3 is 6.01 Å². The molecule has 3 aromatic carbocycles. The van der Waals surface area contributed by atoms with Crippen molar-refractivity contribution in [3.8, 4) is 41.2 Å². The van der Waals surface area contributed by atoms with Gasteiger partial charge in [-0.15, -0.1) is 6.42 Å². The van der Waals surface area contributed by atoms with Gasteiger partial charge in [0.1, 0.15) is 34.2 Å². The Labute approximate surface area is 432 Å². The summed E-state index contributed by atoms with van der Waals surface area (Å²) in [7, 11) is 3.70. The second-order valence-electron chi connectivity index (χ2n) is 21.6. The van der Waals surface area contributed by atoms with Gasteiger partial charge in [0.25, 0.3) is 5.91 Å². The first-order valence-electron chi connectivity index (χ1n) is 26.6. The zero-order valence-corrected chi connectivity index (χ0v) is 43.0. The molecule has 5 aromatic rings. The quantitative estimate of drug-likeness (QED) is 0.0924. The van der Waals surface area contributed by atoms with E-state index in [9.17, 15) is 19.5 Å². The molecule has 16 nitrogen and oxygen atoms in total. The molecule has 0 bridgehead atoms. The van der Waals surface area contributed by atoms with E-state index in [0.29, 0.717) is 77.2 Å². The number of phenols is 1. The molecule has 6 aliphatic rings. The van der Waals surface area contributed by atoms with Gasteiger partial charge in [-0.25, -0.2) is 9.37 Å². The fourth-order valence-electron chi connectivity index (χ4n) is 12.4. The van der Waals surface area contributed by atoms with Crippen molar-refractivity contribution in [1.29, 1.82) is 0 Å². The van der Waals surface area contributed by atoms with Gasteiger partial charge in [0, 0.05) is 124 Å². The molecule has 3 unspecified atom stereocenters. The topological polar surface area (TPSA) is 160 Å². The maximum Gasteiger partial charge on any atom is 0.319 e. The van der Waals surface area contributed by atoms with Crippen molar-refractivity contribution in [2.45, 2.75) is 89.9 Å². The molecule has 74 heavy (non-hydrogen) atoms. The number of carbonyl (C=O) groups excluding carboxylic acids is 3. The zero-order valence-electron chi connectivity index (χ0n) is 43.0. The largest absolute Gasteiger partial charge is 0.508 e. The molecule has 1 saturated carbocycles. The van der Waals surface area contributed by atoms with Crippen LogP contribution < -0.4 is 24.6 Å². The molecule has 0 spiro atoms. The lowest BCUT2D eigenvalue weighted by Gasteiger charge is -2.45. The summed E-state index contributed by atoms with van der Waals surface area (Å²) in [4.78, 5) is 66.2. The number of halogens is 1. The molecule has 11 rings (SSSR count). The van der Waals surface area contributed by atoms with Gasteiger partial charge in [-0.2, -0.15) is 9.97 Å². The van der Waals surface area contributed by atoms with Crippen LogP contribution in [0.3, 0.4) is 0 Å². The minimum absolute atomic E-state index is 0.0363. The fraction of sp³-hybridized carbons (Fsp3) is 0.509. The van der Waals surface area contributed by atoms with Crippen LogP contribution in [0.2, 0.25) is 0 Å². The summed E-state index contributed by atoms with van der Waals surface area (Å²) in [5.41, 5.74) is 3.52. The molecular formula is C57H67FN10O6. The molecule has 17 heteroatoms. The number of amides is 3. The van der Waals surface area contributed by atoms with E-state index in [1.165, 1.54) is 13.2 Å². The summed E-state index contributed by atoms with van der Waals surface area (Å²) >= 11 is 0. The number of methoxy groups -OCH3 is 1. The average molecular weight is 1010 g/mol. The Bertz CT molecular complexity index is 3040. The Morgan fingerprint density at radius 2 is 1.62 bits per heavy atom. The number of aromatic hydroxyl groups is 1. The molecule has 7 heterocycles. The zero-order chi connectivity index (χ0) is 51.4. The highest BCUT2D eigenvalue weighted by Gasteiger charge is 2.46. The van der Waals surface area contributed by atoms with Gasteiger partial charge in [0.05, 0.1) is 13.7 Å². The fourth-order valence-corrected chi connectivity index (χ4v) is 12.4. The predicted octanol–water partition coefficient (Wildman–Crippen LogP) is 6.44. The first-order chi connectivity index (χ1) is 35.9. The third-order valence-corrected chi connectivity index (χ3v) is 17.0. The van der Waals surface area contributed by atoms with E-state index in [1.807, 2.05) is 24.3 Å². The van der Waals surface area contributed by atoms with E-state index in [2.05, 4.69) is 62.7 Å². The van der Waals surface area contributed by atoms with Crippen molar-refractivity contribution in [3.63, 3.8) is 0 Å². The standard InChI is InChI=1S/C57H67FN10O6/c1-6-36-10-9-11-37-27-42(69)28-44(47(36)37)50-49(58)51-48(54(60-50)73-5)52(67-31-39(7-2)63(4)40(8-3)32-67)62-56(61-51)74-34-57(18-19-57)33-65-24-22-64(23-25-65)29-35-16-20-66(21-17-35)41-12-13-43-38(26-41)30-68(55(43)72)45-14-15-46(70)59-53(45)71/h1,9-13,26-28,35,39-40,45,69H,7-8,14-25,29-34H2,2-5H3,(H,59,70,71). The Balaban J connectivity index is 0.752. The Morgan fingerprint density at radius 3 is 2.31 bits per heavy atom. The van der Waals surface area contributed by atoms with Crippen molar-refractivity contribution >= 4 is 50.9 Å². The lowest BCUT2D eigenvalue weighted by Crippen LogP contribution is -2.57. The third kappa shape index (κ3) is 9.45. The Morgan fingerprint density at radius 1 is 0.878 bits per heavy atom. The molecule has 2 N–H and O–H groups in total. The van der Waals surface area contributed by atoms with Crippen molar-refractivity contribution in [1.82, 2.24) is 39.9 Å².